The van der Waals surface area contributed by atoms with Gasteiger partial charge in [0, 0.05) is 0 Å². The van der Waals surface area contributed by atoms with Gasteiger partial charge >= 0.3 is 12.1 Å². The SMILES string of the molecule is CCCCOC(=O)N/C(=C(\C(=O)OCCCC)c1ccccc1)c1ccccc1. The lowest BCUT2D eigenvalue weighted by atomic mass is 9.99. The summed E-state index contributed by atoms with van der Waals surface area (Å²) in [6, 6.07) is 18.5. The highest BCUT2D eigenvalue weighted by Gasteiger charge is 2.22. The molecule has 1 N–H and O–H groups in total. The first-order valence-corrected chi connectivity index (χ1v) is 10.1. The maximum absolute atomic E-state index is 13.0. The van der Waals surface area contributed by atoms with Crippen molar-refractivity contribution < 1.29 is 19.1 Å². The van der Waals surface area contributed by atoms with Gasteiger partial charge in [0.25, 0.3) is 0 Å². The van der Waals surface area contributed by atoms with Crippen molar-refractivity contribution in [2.24, 2.45) is 0 Å². The highest BCUT2D eigenvalue weighted by Crippen LogP contribution is 2.26. The van der Waals surface area contributed by atoms with E-state index < -0.39 is 12.1 Å². The summed E-state index contributed by atoms with van der Waals surface area (Å²) < 4.78 is 10.8. The van der Waals surface area contributed by atoms with Gasteiger partial charge in [0.15, 0.2) is 0 Å². The Balaban J connectivity index is 2.47. The van der Waals surface area contributed by atoms with Gasteiger partial charge in [-0.05, 0) is 24.0 Å². The number of rotatable bonds is 10. The Morgan fingerprint density at radius 1 is 0.759 bits per heavy atom. The summed E-state index contributed by atoms with van der Waals surface area (Å²) in [4.78, 5) is 25.4. The summed E-state index contributed by atoms with van der Waals surface area (Å²) in [7, 11) is 0. The third-order valence-corrected chi connectivity index (χ3v) is 4.27. The van der Waals surface area contributed by atoms with E-state index in [0.29, 0.717) is 35.6 Å². The molecule has 0 aliphatic rings. The van der Waals surface area contributed by atoms with E-state index in [9.17, 15) is 9.59 Å². The molecule has 0 saturated carbocycles. The summed E-state index contributed by atoms with van der Waals surface area (Å²) in [6.45, 7) is 4.71. The number of hydrogen-bond acceptors (Lipinski definition) is 4. The Labute approximate surface area is 172 Å². The summed E-state index contributed by atoms with van der Waals surface area (Å²) in [5.74, 6) is -0.475. The molecule has 5 heteroatoms. The van der Waals surface area contributed by atoms with Crippen molar-refractivity contribution in [1.82, 2.24) is 5.32 Å². The lowest BCUT2D eigenvalue weighted by Crippen LogP contribution is -2.26. The van der Waals surface area contributed by atoms with Crippen molar-refractivity contribution >= 4 is 23.3 Å². The number of amides is 1. The molecule has 0 saturated heterocycles. The van der Waals surface area contributed by atoms with Gasteiger partial charge in [-0.3, -0.25) is 5.32 Å². The largest absolute Gasteiger partial charge is 0.462 e. The van der Waals surface area contributed by atoms with Crippen LogP contribution in [0.5, 0.6) is 0 Å². The van der Waals surface area contributed by atoms with Crippen LogP contribution in [0.3, 0.4) is 0 Å². The van der Waals surface area contributed by atoms with Gasteiger partial charge in [-0.15, -0.1) is 0 Å². The van der Waals surface area contributed by atoms with E-state index >= 15 is 0 Å². The summed E-state index contributed by atoms with van der Waals surface area (Å²) >= 11 is 0. The van der Waals surface area contributed by atoms with Crippen LogP contribution in [-0.2, 0) is 14.3 Å². The zero-order valence-electron chi connectivity index (χ0n) is 17.1. The molecule has 0 heterocycles. The molecule has 0 bridgehead atoms. The van der Waals surface area contributed by atoms with E-state index in [1.165, 1.54) is 0 Å². The smallest absolute Gasteiger partial charge is 0.411 e. The third-order valence-electron chi connectivity index (χ3n) is 4.27. The third kappa shape index (κ3) is 7.11. The minimum atomic E-state index is -0.591. The number of benzene rings is 2. The predicted molar refractivity (Wildman–Crippen MR) is 115 cm³/mol. The van der Waals surface area contributed by atoms with E-state index in [1.807, 2.05) is 74.5 Å². The minimum Gasteiger partial charge on any atom is -0.462 e. The summed E-state index contributed by atoms with van der Waals surface area (Å²) in [5.41, 5.74) is 2.05. The number of ether oxygens (including phenoxy) is 2. The molecule has 0 aromatic heterocycles. The quantitative estimate of drug-likeness (QED) is 0.252. The number of alkyl carbamates (subject to hydrolysis) is 1. The Hall–Kier alpha value is -3.08. The van der Waals surface area contributed by atoms with Gasteiger partial charge in [0.2, 0.25) is 0 Å². The molecule has 2 rings (SSSR count). The Morgan fingerprint density at radius 3 is 1.83 bits per heavy atom. The topological polar surface area (TPSA) is 64.6 Å². The van der Waals surface area contributed by atoms with E-state index in [0.717, 1.165) is 25.7 Å². The average molecular weight is 395 g/mol. The maximum Gasteiger partial charge on any atom is 0.411 e. The van der Waals surface area contributed by atoms with Crippen LogP contribution in [-0.4, -0.2) is 25.3 Å². The number of carbonyl (C=O) groups is 2. The van der Waals surface area contributed by atoms with Gasteiger partial charge < -0.3 is 9.47 Å². The first-order valence-electron chi connectivity index (χ1n) is 10.1. The standard InChI is InChI=1S/C24H29NO4/c1-3-5-17-28-23(26)21(19-13-9-7-10-14-19)22(20-15-11-8-12-16-20)25-24(27)29-18-6-4-2/h7-16H,3-6,17-18H2,1-2H3,(H,25,27)/b22-21-. The van der Waals surface area contributed by atoms with Crippen molar-refractivity contribution in [1.29, 1.82) is 0 Å². The molecule has 0 aliphatic carbocycles. The molecule has 5 nitrogen and oxygen atoms in total. The second-order valence-corrected chi connectivity index (χ2v) is 6.59. The molecule has 0 spiro atoms. The van der Waals surface area contributed by atoms with E-state index in [4.69, 9.17) is 9.47 Å². The van der Waals surface area contributed by atoms with Crippen molar-refractivity contribution in [3.8, 4) is 0 Å². The fourth-order valence-electron chi connectivity index (χ4n) is 2.68. The average Bonchev–Trinajstić information content (AvgIpc) is 2.75. The fraction of sp³-hybridized carbons (Fsp3) is 0.333. The van der Waals surface area contributed by atoms with E-state index in [1.54, 1.807) is 0 Å². The van der Waals surface area contributed by atoms with Gasteiger partial charge in [-0.25, -0.2) is 9.59 Å². The first-order chi connectivity index (χ1) is 14.2. The van der Waals surface area contributed by atoms with Gasteiger partial charge in [-0.2, -0.15) is 0 Å². The molecule has 0 unspecified atom stereocenters. The molecule has 0 aliphatic heterocycles. The Bertz CT molecular complexity index is 800. The number of nitrogens with one attached hydrogen (secondary N) is 1. The minimum absolute atomic E-state index is 0.306. The monoisotopic (exact) mass is 395 g/mol. The van der Waals surface area contributed by atoms with E-state index in [2.05, 4.69) is 5.32 Å². The van der Waals surface area contributed by atoms with Gasteiger partial charge in [-0.1, -0.05) is 87.4 Å². The van der Waals surface area contributed by atoms with Crippen LogP contribution < -0.4 is 5.32 Å². The Kier molecular flexibility index (Phi) is 9.49. The molecule has 0 atom stereocenters. The number of esters is 1. The first kappa shape index (κ1) is 22.2. The number of unbranched alkanes of at least 4 members (excludes halogenated alkanes) is 2. The zero-order chi connectivity index (χ0) is 20.9. The molecule has 0 radical (unpaired) electrons. The second kappa shape index (κ2) is 12.4. The van der Waals surface area contributed by atoms with Crippen LogP contribution >= 0.6 is 0 Å². The van der Waals surface area contributed by atoms with Crippen LogP contribution in [0.15, 0.2) is 60.7 Å². The van der Waals surface area contributed by atoms with Crippen LogP contribution in [0.1, 0.15) is 50.7 Å². The molecular weight excluding hydrogens is 366 g/mol. The summed E-state index contributed by atoms with van der Waals surface area (Å²) in [5, 5.41) is 2.78. The van der Waals surface area contributed by atoms with Crippen LogP contribution in [0.2, 0.25) is 0 Å². The van der Waals surface area contributed by atoms with Crippen molar-refractivity contribution in [3.63, 3.8) is 0 Å². The normalized spacial score (nSPS) is 11.4. The van der Waals surface area contributed by atoms with E-state index in [-0.39, 0.29) is 0 Å². The molecule has 29 heavy (non-hydrogen) atoms. The van der Waals surface area contributed by atoms with Crippen molar-refractivity contribution in [2.45, 2.75) is 39.5 Å². The molecule has 154 valence electrons. The second-order valence-electron chi connectivity index (χ2n) is 6.59. The molecule has 0 fully saturated rings. The van der Waals surface area contributed by atoms with Crippen LogP contribution in [0.25, 0.3) is 11.3 Å². The number of hydrogen-bond donors (Lipinski definition) is 1. The van der Waals surface area contributed by atoms with Gasteiger partial charge in [0.1, 0.15) is 0 Å². The van der Waals surface area contributed by atoms with Crippen LogP contribution in [0.4, 0.5) is 4.79 Å². The highest BCUT2D eigenvalue weighted by molar-refractivity contribution is 6.25. The fourth-order valence-corrected chi connectivity index (χ4v) is 2.68. The van der Waals surface area contributed by atoms with Crippen molar-refractivity contribution in [2.75, 3.05) is 13.2 Å². The molecule has 1 amide bonds. The van der Waals surface area contributed by atoms with Gasteiger partial charge in [0.05, 0.1) is 24.5 Å². The van der Waals surface area contributed by atoms with Crippen molar-refractivity contribution in [3.05, 3.63) is 71.8 Å². The lowest BCUT2D eigenvalue weighted by molar-refractivity contribution is -0.136. The lowest BCUT2D eigenvalue weighted by Gasteiger charge is -2.17. The number of carbonyl (C=O) groups excluding carboxylic acids is 2. The molecular formula is C24H29NO4. The Morgan fingerprint density at radius 2 is 1.28 bits per heavy atom. The molecule has 2 aromatic rings. The highest BCUT2D eigenvalue weighted by atomic mass is 16.5. The predicted octanol–water partition coefficient (Wildman–Crippen LogP) is 5.42. The van der Waals surface area contributed by atoms with Crippen LogP contribution in [0, 0.1) is 0 Å². The molecule has 2 aromatic carbocycles. The maximum atomic E-state index is 13.0. The summed E-state index contributed by atoms with van der Waals surface area (Å²) in [6.07, 6.45) is 2.81. The zero-order valence-corrected chi connectivity index (χ0v) is 17.1.